The zero-order valence-corrected chi connectivity index (χ0v) is 10.1. The van der Waals surface area contributed by atoms with Crippen molar-refractivity contribution in [3.63, 3.8) is 0 Å². The van der Waals surface area contributed by atoms with Crippen molar-refractivity contribution in [2.75, 3.05) is 0 Å². The maximum atomic E-state index is 7.05. The molecule has 4 nitrogen and oxygen atoms in total. The van der Waals surface area contributed by atoms with Gasteiger partial charge in [-0.25, -0.2) is 5.53 Å². The van der Waals surface area contributed by atoms with E-state index in [1.54, 1.807) is 6.07 Å². The average Bonchev–Trinajstić information content (AvgIpc) is 2.93. The first-order chi connectivity index (χ1) is 8.27. The molecule has 1 heterocycles. The number of nitrogens with two attached hydrogens (primary N) is 1. The fourth-order valence-corrected chi connectivity index (χ4v) is 1.70. The summed E-state index contributed by atoms with van der Waals surface area (Å²) in [4.78, 5) is 0.741. The fraction of sp³-hybridized carbons (Fsp3) is 0.0833. The molecule has 88 valence electrons. The van der Waals surface area contributed by atoms with E-state index in [1.807, 2.05) is 41.8 Å². The standard InChI is InChI=1S/C7H9N.C5H5N3S/c8-6-7-4-2-1-3-5-7;6-5(8-7)4-2-1-3-9-4/h1-5H,6,8H2;1-3,6-7H. The van der Waals surface area contributed by atoms with Crippen LogP contribution in [0.4, 0.5) is 0 Å². The maximum absolute atomic E-state index is 7.05. The number of rotatable bonds is 2. The van der Waals surface area contributed by atoms with Crippen molar-refractivity contribution in [3.05, 3.63) is 58.3 Å². The largest absolute Gasteiger partial charge is 0.326 e. The lowest BCUT2D eigenvalue weighted by atomic mass is 10.2. The van der Waals surface area contributed by atoms with E-state index in [4.69, 9.17) is 16.7 Å². The van der Waals surface area contributed by atoms with Crippen molar-refractivity contribution in [3.8, 4) is 0 Å². The van der Waals surface area contributed by atoms with Crippen LogP contribution in [0.1, 0.15) is 10.4 Å². The molecular formula is C12H14N4S. The highest BCUT2D eigenvalue weighted by Gasteiger charge is 1.96. The van der Waals surface area contributed by atoms with Crippen LogP contribution in [0.5, 0.6) is 0 Å². The summed E-state index contributed by atoms with van der Waals surface area (Å²) in [5.41, 5.74) is 13.0. The van der Waals surface area contributed by atoms with E-state index in [0.717, 1.165) is 4.88 Å². The van der Waals surface area contributed by atoms with Crippen LogP contribution in [0, 0.1) is 10.9 Å². The quantitative estimate of drug-likeness (QED) is 0.424. The minimum absolute atomic E-state index is 0.0324. The molecule has 0 saturated carbocycles. The van der Waals surface area contributed by atoms with Crippen molar-refractivity contribution < 1.29 is 0 Å². The van der Waals surface area contributed by atoms with E-state index >= 15 is 0 Å². The van der Waals surface area contributed by atoms with Gasteiger partial charge in [0.15, 0.2) is 5.84 Å². The Morgan fingerprint density at radius 3 is 2.29 bits per heavy atom. The summed E-state index contributed by atoms with van der Waals surface area (Å²) in [6, 6.07) is 13.6. The second-order valence-corrected chi connectivity index (χ2v) is 4.08. The van der Waals surface area contributed by atoms with Crippen molar-refractivity contribution in [2.24, 2.45) is 10.8 Å². The van der Waals surface area contributed by atoms with Crippen molar-refractivity contribution in [1.29, 1.82) is 10.9 Å². The molecule has 0 aliphatic heterocycles. The summed E-state index contributed by atoms with van der Waals surface area (Å²) in [6.45, 7) is 0.640. The summed E-state index contributed by atoms with van der Waals surface area (Å²) in [6.07, 6.45) is 0. The van der Waals surface area contributed by atoms with E-state index in [0.29, 0.717) is 6.54 Å². The number of amidine groups is 1. The van der Waals surface area contributed by atoms with Crippen LogP contribution >= 0.6 is 11.3 Å². The normalized spacial score (nSPS) is 9.00. The molecule has 2 rings (SSSR count). The van der Waals surface area contributed by atoms with Gasteiger partial charge >= 0.3 is 0 Å². The van der Waals surface area contributed by atoms with E-state index in [-0.39, 0.29) is 5.84 Å². The molecule has 17 heavy (non-hydrogen) atoms. The predicted octanol–water partition coefficient (Wildman–Crippen LogP) is 3.25. The molecule has 0 fully saturated rings. The third-order valence-corrected chi connectivity index (χ3v) is 2.82. The van der Waals surface area contributed by atoms with Gasteiger partial charge in [0, 0.05) is 6.54 Å². The molecule has 1 aromatic heterocycles. The molecule has 0 radical (unpaired) electrons. The van der Waals surface area contributed by atoms with Crippen molar-refractivity contribution in [1.82, 2.24) is 0 Å². The molecule has 5 heteroatoms. The molecule has 0 bridgehead atoms. The third-order valence-electron chi connectivity index (χ3n) is 1.94. The molecule has 0 saturated heterocycles. The van der Waals surface area contributed by atoms with E-state index in [1.165, 1.54) is 16.9 Å². The minimum Gasteiger partial charge on any atom is -0.326 e. The Balaban J connectivity index is 0.000000171. The van der Waals surface area contributed by atoms with E-state index < -0.39 is 0 Å². The fourth-order valence-electron chi connectivity index (χ4n) is 1.08. The predicted molar refractivity (Wildman–Crippen MR) is 70.6 cm³/mol. The lowest BCUT2D eigenvalue weighted by Crippen LogP contribution is -1.94. The molecule has 0 aliphatic rings. The molecule has 2 aromatic rings. The Hall–Kier alpha value is -1.85. The molecule has 0 aliphatic carbocycles. The number of nitrogens with zero attached hydrogens (tertiary/aromatic N) is 1. The Kier molecular flexibility index (Phi) is 5.77. The van der Waals surface area contributed by atoms with Gasteiger partial charge in [0.05, 0.1) is 4.88 Å². The molecular weight excluding hydrogens is 232 g/mol. The highest BCUT2D eigenvalue weighted by Crippen LogP contribution is 2.08. The van der Waals surface area contributed by atoms with Crippen LogP contribution in [0.3, 0.4) is 0 Å². The van der Waals surface area contributed by atoms with Crippen molar-refractivity contribution in [2.45, 2.75) is 6.54 Å². The third kappa shape index (κ3) is 4.67. The number of hydrogen-bond donors (Lipinski definition) is 3. The number of hydrogen-bond acceptors (Lipinski definition) is 4. The molecule has 0 amide bonds. The lowest BCUT2D eigenvalue weighted by molar-refractivity contribution is 1.07. The number of nitrogens with one attached hydrogen (secondary N) is 2. The van der Waals surface area contributed by atoms with Crippen LogP contribution in [0.2, 0.25) is 0 Å². The van der Waals surface area contributed by atoms with Gasteiger partial charge in [0.2, 0.25) is 0 Å². The topological polar surface area (TPSA) is 86.1 Å². The van der Waals surface area contributed by atoms with Gasteiger partial charge < -0.3 is 5.73 Å². The van der Waals surface area contributed by atoms with Gasteiger partial charge in [0.25, 0.3) is 0 Å². The smallest absolute Gasteiger partial charge is 0.183 e. The monoisotopic (exact) mass is 246 g/mol. The van der Waals surface area contributed by atoms with Crippen LogP contribution in [-0.4, -0.2) is 5.84 Å². The van der Waals surface area contributed by atoms with E-state index in [9.17, 15) is 0 Å². The van der Waals surface area contributed by atoms with Crippen LogP contribution in [0.25, 0.3) is 0 Å². The van der Waals surface area contributed by atoms with E-state index in [2.05, 4.69) is 5.11 Å². The molecule has 0 unspecified atom stereocenters. The van der Waals surface area contributed by atoms with Gasteiger partial charge in [-0.2, -0.15) is 0 Å². The lowest BCUT2D eigenvalue weighted by Gasteiger charge is -1.90. The summed E-state index contributed by atoms with van der Waals surface area (Å²) < 4.78 is 0. The summed E-state index contributed by atoms with van der Waals surface area (Å²) in [7, 11) is 0. The van der Waals surface area contributed by atoms with Crippen LogP contribution < -0.4 is 5.73 Å². The number of benzene rings is 1. The molecule has 4 N–H and O–H groups in total. The van der Waals surface area contributed by atoms with Gasteiger partial charge in [-0.1, -0.05) is 36.4 Å². The minimum atomic E-state index is 0.0324. The van der Waals surface area contributed by atoms with Gasteiger partial charge in [0.1, 0.15) is 0 Å². The van der Waals surface area contributed by atoms with Gasteiger partial charge in [-0.3, -0.25) is 5.41 Å². The SMILES string of the molecule is N=NC(=N)c1cccs1.NCc1ccccc1. The summed E-state index contributed by atoms with van der Waals surface area (Å²) in [5.74, 6) is 0.0324. The van der Waals surface area contributed by atoms with Crippen LogP contribution in [-0.2, 0) is 6.54 Å². The van der Waals surface area contributed by atoms with Gasteiger partial charge in [-0.15, -0.1) is 16.5 Å². The first kappa shape index (κ1) is 13.2. The molecule has 0 spiro atoms. The number of thiophene rings is 1. The Labute approximate surface area is 104 Å². The van der Waals surface area contributed by atoms with Crippen molar-refractivity contribution >= 4 is 17.2 Å². The Morgan fingerprint density at radius 1 is 1.18 bits per heavy atom. The van der Waals surface area contributed by atoms with Crippen LogP contribution in [0.15, 0.2) is 53.0 Å². The first-order valence-corrected chi connectivity index (χ1v) is 5.89. The summed E-state index contributed by atoms with van der Waals surface area (Å²) >= 11 is 1.42. The zero-order valence-electron chi connectivity index (χ0n) is 9.26. The first-order valence-electron chi connectivity index (χ1n) is 5.01. The zero-order chi connectivity index (χ0) is 12.5. The highest BCUT2D eigenvalue weighted by molar-refractivity contribution is 7.12. The molecule has 0 atom stereocenters. The average molecular weight is 246 g/mol. The van der Waals surface area contributed by atoms with Gasteiger partial charge in [-0.05, 0) is 17.0 Å². The second kappa shape index (κ2) is 7.43. The Morgan fingerprint density at radius 2 is 1.88 bits per heavy atom. The second-order valence-electron chi connectivity index (χ2n) is 3.13. The highest BCUT2D eigenvalue weighted by atomic mass is 32.1. The maximum Gasteiger partial charge on any atom is 0.183 e. The Bertz CT molecular complexity index is 451. The molecule has 1 aromatic carbocycles. The summed E-state index contributed by atoms with van der Waals surface area (Å²) in [5, 5.41) is 11.9.